The van der Waals surface area contributed by atoms with Crippen LogP contribution in [0.5, 0.6) is 0 Å². The Morgan fingerprint density at radius 2 is 2.17 bits per heavy atom. The summed E-state index contributed by atoms with van der Waals surface area (Å²) in [6, 6.07) is 0.116. The van der Waals surface area contributed by atoms with Crippen LogP contribution in [0.15, 0.2) is 0 Å². The Hall–Kier alpha value is -0.520. The van der Waals surface area contributed by atoms with Crippen molar-refractivity contribution >= 4 is 17.7 Å². The molecule has 3 aliphatic heterocycles. The van der Waals surface area contributed by atoms with E-state index in [9.17, 15) is 4.79 Å². The largest absolute Gasteiger partial charge is 0.441 e. The van der Waals surface area contributed by atoms with Crippen molar-refractivity contribution in [3.63, 3.8) is 0 Å². The molecule has 0 spiro atoms. The zero-order chi connectivity index (χ0) is 12.9. The van der Waals surface area contributed by atoms with Gasteiger partial charge in [0.05, 0.1) is 11.9 Å². The van der Waals surface area contributed by atoms with Crippen LogP contribution in [0, 0.1) is 0 Å². The number of nitrogens with zero attached hydrogens (tertiary/aromatic N) is 1. The molecule has 5 nitrogen and oxygen atoms in total. The highest BCUT2D eigenvalue weighted by atomic mass is 35.5. The first-order chi connectivity index (χ1) is 8.52. The molecule has 4 atom stereocenters. The van der Waals surface area contributed by atoms with E-state index in [0.29, 0.717) is 5.88 Å². The average Bonchev–Trinajstić information content (AvgIpc) is 2.94. The van der Waals surface area contributed by atoms with Crippen LogP contribution in [0.2, 0.25) is 0 Å². The number of carbonyl (C=O) groups excluding carboxylic acids is 1. The van der Waals surface area contributed by atoms with Crippen molar-refractivity contribution in [1.29, 1.82) is 0 Å². The third kappa shape index (κ3) is 1.89. The van der Waals surface area contributed by atoms with E-state index < -0.39 is 5.79 Å². The van der Waals surface area contributed by atoms with E-state index in [1.54, 1.807) is 4.90 Å². The lowest BCUT2D eigenvalue weighted by Crippen LogP contribution is -2.43. The van der Waals surface area contributed by atoms with E-state index >= 15 is 0 Å². The Balaban J connectivity index is 1.80. The van der Waals surface area contributed by atoms with Gasteiger partial charge in [0.1, 0.15) is 12.2 Å². The number of carbonyl (C=O) groups is 1. The van der Waals surface area contributed by atoms with Gasteiger partial charge in [0.25, 0.3) is 0 Å². The second-order valence-corrected chi connectivity index (χ2v) is 5.85. The molecule has 3 saturated heterocycles. The molecule has 0 radical (unpaired) electrons. The summed E-state index contributed by atoms with van der Waals surface area (Å²) >= 11 is 5.93. The zero-order valence-corrected chi connectivity index (χ0v) is 11.4. The van der Waals surface area contributed by atoms with E-state index in [1.807, 2.05) is 13.8 Å². The van der Waals surface area contributed by atoms with E-state index in [2.05, 4.69) is 0 Å². The van der Waals surface area contributed by atoms with Crippen LogP contribution in [0.1, 0.15) is 26.7 Å². The smallest absolute Gasteiger partial charge is 0.410 e. The molecule has 102 valence electrons. The Labute approximate surface area is 111 Å². The summed E-state index contributed by atoms with van der Waals surface area (Å²) in [5.74, 6) is -0.322. The van der Waals surface area contributed by atoms with E-state index in [4.69, 9.17) is 25.8 Å². The maximum absolute atomic E-state index is 11.8. The first-order valence-electron chi connectivity index (χ1n) is 6.41. The summed E-state index contributed by atoms with van der Waals surface area (Å²) in [6.07, 6.45) is 1.01. The molecule has 1 amide bonds. The number of fused-ring (bicyclic) bond motifs is 1. The fourth-order valence-electron chi connectivity index (χ4n) is 3.17. The second-order valence-electron chi connectivity index (χ2n) is 5.54. The molecular weight excluding hydrogens is 258 g/mol. The third-order valence-corrected chi connectivity index (χ3v) is 4.15. The van der Waals surface area contributed by atoms with Gasteiger partial charge in [-0.2, -0.15) is 0 Å². The van der Waals surface area contributed by atoms with Gasteiger partial charge in [0.15, 0.2) is 11.9 Å². The van der Waals surface area contributed by atoms with E-state index in [0.717, 1.165) is 19.4 Å². The molecule has 0 aromatic heterocycles. The molecule has 0 N–H and O–H groups in total. The summed E-state index contributed by atoms with van der Waals surface area (Å²) in [5.41, 5.74) is 0. The lowest BCUT2D eigenvalue weighted by molar-refractivity contribution is -0.153. The number of ether oxygens (including phenoxy) is 3. The first kappa shape index (κ1) is 12.5. The molecule has 6 heteroatoms. The third-order valence-electron chi connectivity index (χ3n) is 3.85. The summed E-state index contributed by atoms with van der Waals surface area (Å²) in [4.78, 5) is 13.5. The molecule has 0 saturated carbocycles. The topological polar surface area (TPSA) is 48.0 Å². The summed E-state index contributed by atoms with van der Waals surface area (Å²) in [5, 5.41) is 0. The molecule has 0 unspecified atom stereocenters. The maximum Gasteiger partial charge on any atom is 0.410 e. The van der Waals surface area contributed by atoms with Crippen molar-refractivity contribution in [3.8, 4) is 0 Å². The Kier molecular flexibility index (Phi) is 2.95. The summed E-state index contributed by atoms with van der Waals surface area (Å²) in [6.45, 7) is 4.49. The van der Waals surface area contributed by atoms with Gasteiger partial charge < -0.3 is 19.1 Å². The summed E-state index contributed by atoms with van der Waals surface area (Å²) in [7, 11) is 0. The molecule has 3 fully saturated rings. The SMILES string of the molecule is CC1(C)O[C@@H]([C@H]2OC(=O)N3CCC[C@H]23)[C@H](CCl)O1. The number of rotatable bonds is 2. The molecular formula is C12H18ClNO4. The molecule has 0 aliphatic carbocycles. The minimum absolute atomic E-state index is 0.116. The number of halogens is 1. The number of cyclic esters (lactones) is 1. The highest BCUT2D eigenvalue weighted by Gasteiger charge is 2.54. The number of hydrogen-bond donors (Lipinski definition) is 0. The standard InChI is InChI=1S/C12H18ClNO4/c1-12(2)17-8(6-13)10(18-12)9-7-4-3-5-14(7)11(15)16-9/h7-10H,3-6H2,1-2H3/t7-,8+,9+,10-/m1/s1. The highest BCUT2D eigenvalue weighted by molar-refractivity contribution is 6.18. The van der Waals surface area contributed by atoms with Crippen LogP contribution < -0.4 is 0 Å². The fraction of sp³-hybridized carbons (Fsp3) is 0.917. The molecule has 3 heterocycles. The van der Waals surface area contributed by atoms with Crippen molar-refractivity contribution in [2.45, 2.75) is 56.8 Å². The van der Waals surface area contributed by atoms with Gasteiger partial charge in [0, 0.05) is 6.54 Å². The quantitative estimate of drug-likeness (QED) is 0.720. The van der Waals surface area contributed by atoms with Crippen molar-refractivity contribution in [2.24, 2.45) is 0 Å². The second kappa shape index (κ2) is 4.25. The van der Waals surface area contributed by atoms with Crippen LogP contribution in [-0.2, 0) is 14.2 Å². The van der Waals surface area contributed by atoms with Crippen LogP contribution >= 0.6 is 11.6 Å². The molecule has 0 aromatic carbocycles. The van der Waals surface area contributed by atoms with Gasteiger partial charge in [0.2, 0.25) is 0 Å². The van der Waals surface area contributed by atoms with Gasteiger partial charge >= 0.3 is 6.09 Å². The highest BCUT2D eigenvalue weighted by Crippen LogP contribution is 2.38. The molecule has 3 aliphatic rings. The lowest BCUT2D eigenvalue weighted by atomic mass is 10.0. The Bertz CT molecular complexity index is 362. The zero-order valence-electron chi connectivity index (χ0n) is 10.6. The minimum atomic E-state index is -0.664. The van der Waals surface area contributed by atoms with Gasteiger partial charge in [-0.1, -0.05) is 0 Å². The molecule has 0 bridgehead atoms. The van der Waals surface area contributed by atoms with E-state index in [1.165, 1.54) is 0 Å². The maximum atomic E-state index is 11.8. The van der Waals surface area contributed by atoms with Crippen molar-refractivity contribution in [2.75, 3.05) is 12.4 Å². The van der Waals surface area contributed by atoms with Crippen molar-refractivity contribution in [3.05, 3.63) is 0 Å². The Morgan fingerprint density at radius 3 is 2.89 bits per heavy atom. The monoisotopic (exact) mass is 275 g/mol. The average molecular weight is 276 g/mol. The Morgan fingerprint density at radius 1 is 1.39 bits per heavy atom. The van der Waals surface area contributed by atoms with Crippen molar-refractivity contribution in [1.82, 2.24) is 4.90 Å². The van der Waals surface area contributed by atoms with E-state index in [-0.39, 0.29) is 30.4 Å². The van der Waals surface area contributed by atoms with Gasteiger partial charge in [-0.25, -0.2) is 4.79 Å². The molecule has 0 aromatic rings. The number of amides is 1. The molecule has 3 rings (SSSR count). The van der Waals surface area contributed by atoms with Crippen LogP contribution in [0.25, 0.3) is 0 Å². The van der Waals surface area contributed by atoms with Gasteiger partial charge in [-0.3, -0.25) is 0 Å². The van der Waals surface area contributed by atoms with Crippen LogP contribution in [0.3, 0.4) is 0 Å². The predicted molar refractivity (Wildman–Crippen MR) is 64.5 cm³/mol. The minimum Gasteiger partial charge on any atom is -0.441 e. The number of alkyl halides is 1. The van der Waals surface area contributed by atoms with Gasteiger partial charge in [-0.05, 0) is 26.7 Å². The van der Waals surface area contributed by atoms with Crippen LogP contribution in [0.4, 0.5) is 4.79 Å². The molecule has 18 heavy (non-hydrogen) atoms. The van der Waals surface area contributed by atoms with Crippen molar-refractivity contribution < 1.29 is 19.0 Å². The number of hydrogen-bond acceptors (Lipinski definition) is 4. The van der Waals surface area contributed by atoms with Gasteiger partial charge in [-0.15, -0.1) is 11.6 Å². The fourth-order valence-corrected chi connectivity index (χ4v) is 3.41. The van der Waals surface area contributed by atoms with Crippen LogP contribution in [-0.4, -0.2) is 53.6 Å². The summed E-state index contributed by atoms with van der Waals surface area (Å²) < 4.78 is 17.1. The predicted octanol–water partition coefficient (Wildman–Crippen LogP) is 1.73. The lowest BCUT2D eigenvalue weighted by Gasteiger charge is -2.24. The first-order valence-corrected chi connectivity index (χ1v) is 6.94. The normalized spacial score (nSPS) is 42.2.